The van der Waals surface area contributed by atoms with Gasteiger partial charge in [-0.1, -0.05) is 0 Å². The molecule has 0 unspecified atom stereocenters. The van der Waals surface area contributed by atoms with Gasteiger partial charge in [0.05, 0.1) is 0 Å². The molecule has 0 aliphatic carbocycles. The molecule has 4 heavy (non-hydrogen) atoms. The summed E-state index contributed by atoms with van der Waals surface area (Å²) in [5.41, 5.74) is 0. The van der Waals surface area contributed by atoms with E-state index in [1.165, 1.54) is 0 Å². The van der Waals surface area contributed by atoms with Gasteiger partial charge in [0, 0.05) is 8.41 Å². The van der Waals surface area contributed by atoms with Gasteiger partial charge in [-0.05, 0) is 0 Å². The van der Waals surface area contributed by atoms with Crippen LogP contribution in [0.2, 0.25) is 0 Å². The third kappa shape index (κ3) is 9.61. The molecule has 0 saturated carbocycles. The summed E-state index contributed by atoms with van der Waals surface area (Å²) in [5, 5.41) is 0. The molecule has 0 spiro atoms. The molecular formula is H3BCsKLi. The molecule has 0 aromatic rings. The van der Waals surface area contributed by atoms with Crippen LogP contribution in [0.4, 0.5) is 0 Å². The van der Waals surface area contributed by atoms with Gasteiger partial charge in [-0.25, -0.2) is 0 Å². The third-order valence-corrected chi connectivity index (χ3v) is 0. The molecule has 0 aliphatic heterocycles. The molecule has 0 N–H and O–H groups in total. The van der Waals surface area contributed by atoms with Crippen LogP contribution in [0.3, 0.4) is 0 Å². The van der Waals surface area contributed by atoms with Crippen molar-refractivity contribution in [3.05, 3.63) is 0 Å². The van der Waals surface area contributed by atoms with E-state index in [-0.39, 0.29) is 148 Å². The fourth-order valence-corrected chi connectivity index (χ4v) is 0. The van der Waals surface area contributed by atoms with Gasteiger partial charge >= 0.3 is 139 Å². The molecule has 0 aromatic heterocycles. The molecule has 0 aromatic carbocycles. The topological polar surface area (TPSA) is 0 Å². The Morgan fingerprint density at radius 2 is 1.00 bits per heavy atom. The van der Waals surface area contributed by atoms with Gasteiger partial charge in [-0.3, -0.25) is 0 Å². The first kappa shape index (κ1) is 23.8. The van der Waals surface area contributed by atoms with Crippen LogP contribution in [0.25, 0.3) is 0 Å². The summed E-state index contributed by atoms with van der Waals surface area (Å²) < 4.78 is 0. The normalized spacial score (nSPS) is 0. The number of rotatable bonds is 0. The van der Waals surface area contributed by atoms with Crippen molar-refractivity contribution in [1.29, 1.82) is 0 Å². The first-order chi connectivity index (χ1) is 0. The van der Waals surface area contributed by atoms with Crippen molar-refractivity contribution < 1.29 is 0 Å². The summed E-state index contributed by atoms with van der Waals surface area (Å²) in [6.07, 6.45) is 0. The Morgan fingerprint density at radius 3 is 1.00 bits per heavy atom. The van der Waals surface area contributed by atoms with Crippen LogP contribution in [0.15, 0.2) is 0 Å². The van der Waals surface area contributed by atoms with E-state index in [2.05, 4.69) is 0 Å². The number of hydrogen-bond donors (Lipinski definition) is 0. The summed E-state index contributed by atoms with van der Waals surface area (Å²) in [5.74, 6) is 0. The quantitative estimate of drug-likeness (QED) is 0.378. The van der Waals surface area contributed by atoms with E-state index in [0.717, 1.165) is 0 Å². The van der Waals surface area contributed by atoms with E-state index in [0.29, 0.717) is 0 Å². The first-order valence-corrected chi connectivity index (χ1v) is 0. The Hall–Kier alpha value is 4.35. The fourth-order valence-electron chi connectivity index (χ4n) is 0. The van der Waals surface area contributed by atoms with E-state index in [1.807, 2.05) is 0 Å². The zero-order valence-electron chi connectivity index (χ0n) is 0.577. The molecule has 0 fully saturated rings. The third-order valence-electron chi connectivity index (χ3n) is 0. The average Bonchev–Trinajstić information content (AvgIpc) is 0. The second-order valence-electron chi connectivity index (χ2n) is 0. The molecule has 0 saturated heterocycles. The van der Waals surface area contributed by atoms with Crippen molar-refractivity contribution in [2.24, 2.45) is 0 Å². The second-order valence-corrected chi connectivity index (χ2v) is 0. The summed E-state index contributed by atoms with van der Waals surface area (Å²) >= 11 is 0. The molecular weight excluding hydrogens is 190 g/mol. The molecule has 0 rings (SSSR count). The monoisotopic (exact) mass is 193 g/mol. The van der Waals surface area contributed by atoms with Gasteiger partial charge in [0.2, 0.25) is 0 Å². The van der Waals surface area contributed by atoms with Crippen LogP contribution in [0.5, 0.6) is 0 Å². The molecule has 0 amide bonds. The van der Waals surface area contributed by atoms with Crippen LogP contribution in [-0.4, -0.2) is 148 Å². The predicted octanol–water partition coefficient (Wildman–Crippen LogP) is -2.33. The SMILES string of the molecule is [B].[CsH].[KH].[LiH]. The van der Waals surface area contributed by atoms with Gasteiger partial charge < -0.3 is 0 Å². The molecule has 0 aliphatic rings. The Bertz CT molecular complexity index is 8.00. The molecule has 0 heterocycles. The van der Waals surface area contributed by atoms with Crippen LogP contribution < -0.4 is 0 Å². The van der Waals surface area contributed by atoms with Gasteiger partial charge in [-0.15, -0.1) is 0 Å². The van der Waals surface area contributed by atoms with Crippen molar-refractivity contribution in [1.82, 2.24) is 0 Å². The van der Waals surface area contributed by atoms with Crippen LogP contribution >= 0.6 is 0 Å². The molecule has 4 heteroatoms. The van der Waals surface area contributed by atoms with Crippen LogP contribution in [0.1, 0.15) is 0 Å². The van der Waals surface area contributed by atoms with Gasteiger partial charge in [0.25, 0.3) is 0 Å². The van der Waals surface area contributed by atoms with Crippen molar-refractivity contribution in [2.45, 2.75) is 0 Å². The van der Waals surface area contributed by atoms with Gasteiger partial charge in [0.1, 0.15) is 0 Å². The maximum absolute atomic E-state index is 0. The van der Waals surface area contributed by atoms with Crippen LogP contribution in [0, 0.1) is 0 Å². The maximum atomic E-state index is 0. The van der Waals surface area contributed by atoms with E-state index < -0.39 is 0 Å². The summed E-state index contributed by atoms with van der Waals surface area (Å²) in [4.78, 5) is 0. The molecule has 0 nitrogen and oxygen atoms in total. The van der Waals surface area contributed by atoms with Crippen LogP contribution in [-0.2, 0) is 0 Å². The molecule has 9 valence electrons. The molecule has 3 radical (unpaired) electrons. The van der Waals surface area contributed by atoms with Crippen molar-refractivity contribution in [3.63, 3.8) is 0 Å². The Balaban J connectivity index is 0. The van der Waals surface area contributed by atoms with Gasteiger partial charge in [0.15, 0.2) is 0 Å². The Morgan fingerprint density at radius 1 is 1.00 bits per heavy atom. The van der Waals surface area contributed by atoms with Crippen molar-refractivity contribution >= 4 is 148 Å². The summed E-state index contributed by atoms with van der Waals surface area (Å²) in [6.45, 7) is 0. The summed E-state index contributed by atoms with van der Waals surface area (Å²) in [6, 6.07) is 0. The molecule has 0 atom stereocenters. The molecule has 0 bridgehead atoms. The van der Waals surface area contributed by atoms with Crippen molar-refractivity contribution in [2.75, 3.05) is 0 Å². The van der Waals surface area contributed by atoms with E-state index in [4.69, 9.17) is 0 Å². The fraction of sp³-hybridized carbons (Fsp3) is 0. The zero-order chi connectivity index (χ0) is 0. The zero-order valence-corrected chi connectivity index (χ0v) is 0.577. The number of hydrogen-bond acceptors (Lipinski definition) is 0. The Labute approximate surface area is 142 Å². The van der Waals surface area contributed by atoms with E-state index in [9.17, 15) is 0 Å². The van der Waals surface area contributed by atoms with Crippen molar-refractivity contribution in [3.8, 4) is 0 Å². The van der Waals surface area contributed by atoms with E-state index >= 15 is 0 Å². The summed E-state index contributed by atoms with van der Waals surface area (Å²) in [7, 11) is 0. The first-order valence-electron chi connectivity index (χ1n) is 0. The second kappa shape index (κ2) is 15.7. The predicted molar refractivity (Wildman–Crippen MR) is 27.2 cm³/mol. The van der Waals surface area contributed by atoms with Gasteiger partial charge in [-0.2, -0.15) is 0 Å². The Kier molecular flexibility index (Phi) is 93.3. The average molecular weight is 193 g/mol. The van der Waals surface area contributed by atoms with E-state index in [1.54, 1.807) is 0 Å². The minimum atomic E-state index is 0. The minimum absolute atomic E-state index is 0. The standard InChI is InChI=1S/B.Cs.K.Li.3H.